The summed E-state index contributed by atoms with van der Waals surface area (Å²) >= 11 is 1.48. The molecular formula is C16H18N4O4S. The molecule has 0 spiro atoms. The summed E-state index contributed by atoms with van der Waals surface area (Å²) in [4.78, 5) is 50.0. The number of carbonyl (C=O) groups excluding carboxylic acids is 1. The first kappa shape index (κ1) is 18.4. The molecule has 0 aliphatic carbocycles. The molecule has 0 unspecified atom stereocenters. The molecule has 2 heterocycles. The van der Waals surface area contributed by atoms with Crippen LogP contribution in [0.2, 0.25) is 0 Å². The maximum atomic E-state index is 12.4. The van der Waals surface area contributed by atoms with Gasteiger partial charge in [-0.15, -0.1) is 24.5 Å². The highest BCUT2D eigenvalue weighted by Gasteiger charge is 2.16. The summed E-state index contributed by atoms with van der Waals surface area (Å²) in [6, 6.07) is 3.72. The van der Waals surface area contributed by atoms with Crippen LogP contribution in [-0.2, 0) is 31.0 Å². The van der Waals surface area contributed by atoms with E-state index in [4.69, 9.17) is 0 Å². The summed E-state index contributed by atoms with van der Waals surface area (Å²) in [7, 11) is 0. The van der Waals surface area contributed by atoms with Crippen LogP contribution in [0, 0.1) is 0 Å². The Morgan fingerprint density at radius 2 is 1.60 bits per heavy atom. The Balaban J connectivity index is 2.35. The van der Waals surface area contributed by atoms with Crippen LogP contribution < -0.4 is 22.4 Å². The van der Waals surface area contributed by atoms with Gasteiger partial charge in [-0.05, 0) is 11.4 Å². The summed E-state index contributed by atoms with van der Waals surface area (Å²) in [5.41, 5.74) is -2.45. The van der Waals surface area contributed by atoms with Gasteiger partial charge < -0.3 is 5.32 Å². The van der Waals surface area contributed by atoms with Gasteiger partial charge in [0.2, 0.25) is 5.91 Å². The highest BCUT2D eigenvalue weighted by molar-refractivity contribution is 7.09. The van der Waals surface area contributed by atoms with Crippen molar-refractivity contribution in [3.8, 4) is 0 Å². The third-order valence-corrected chi connectivity index (χ3v) is 4.23. The number of rotatable bonds is 8. The van der Waals surface area contributed by atoms with Crippen LogP contribution in [0.1, 0.15) is 4.88 Å². The summed E-state index contributed by atoms with van der Waals surface area (Å²) in [5, 5.41) is 4.52. The number of hydrogen-bond acceptors (Lipinski definition) is 5. The highest BCUT2D eigenvalue weighted by atomic mass is 32.1. The van der Waals surface area contributed by atoms with E-state index in [2.05, 4.69) is 18.5 Å². The lowest BCUT2D eigenvalue weighted by molar-refractivity contribution is -0.122. The van der Waals surface area contributed by atoms with Gasteiger partial charge in [-0.3, -0.25) is 4.79 Å². The average Bonchev–Trinajstić information content (AvgIpc) is 3.11. The number of allylic oxidation sites excluding steroid dienone is 2. The van der Waals surface area contributed by atoms with Crippen molar-refractivity contribution in [2.75, 3.05) is 0 Å². The Kier molecular flexibility index (Phi) is 6.07. The van der Waals surface area contributed by atoms with Crippen LogP contribution in [-0.4, -0.2) is 19.6 Å². The van der Waals surface area contributed by atoms with E-state index in [1.54, 1.807) is 0 Å². The highest BCUT2D eigenvalue weighted by Crippen LogP contribution is 2.07. The maximum Gasteiger partial charge on any atom is 0.337 e. The number of thiophene rings is 1. The first-order chi connectivity index (χ1) is 12.0. The molecule has 1 N–H and O–H groups in total. The van der Waals surface area contributed by atoms with Gasteiger partial charge in [-0.2, -0.15) is 0 Å². The topological polar surface area (TPSA) is 95.1 Å². The van der Waals surface area contributed by atoms with Gasteiger partial charge >= 0.3 is 17.1 Å². The van der Waals surface area contributed by atoms with Gasteiger partial charge in [0.25, 0.3) is 0 Å². The van der Waals surface area contributed by atoms with Crippen molar-refractivity contribution >= 4 is 17.2 Å². The second-order valence-electron chi connectivity index (χ2n) is 5.09. The molecule has 8 nitrogen and oxygen atoms in total. The summed E-state index contributed by atoms with van der Waals surface area (Å²) in [6.07, 6.45) is 2.74. The molecule has 0 aromatic carbocycles. The SMILES string of the molecule is C=CCn1c(=O)n(CC=C)c(=O)n(CC(=O)NCc2cccs2)c1=O. The van der Waals surface area contributed by atoms with Gasteiger partial charge in [0.1, 0.15) is 6.54 Å². The molecule has 0 bridgehead atoms. The van der Waals surface area contributed by atoms with E-state index < -0.39 is 29.5 Å². The fourth-order valence-electron chi connectivity index (χ4n) is 2.19. The molecule has 2 rings (SSSR count). The number of nitrogens with one attached hydrogen (secondary N) is 1. The first-order valence-corrected chi connectivity index (χ1v) is 8.33. The Morgan fingerprint density at radius 3 is 2.08 bits per heavy atom. The molecule has 132 valence electrons. The fraction of sp³-hybridized carbons (Fsp3) is 0.250. The number of nitrogens with zero attached hydrogens (tertiary/aromatic N) is 3. The van der Waals surface area contributed by atoms with Crippen molar-refractivity contribution in [1.82, 2.24) is 19.0 Å². The zero-order chi connectivity index (χ0) is 18.4. The maximum absolute atomic E-state index is 12.4. The predicted octanol–water partition coefficient (Wildman–Crippen LogP) is -0.0784. The minimum absolute atomic E-state index is 0.0636. The van der Waals surface area contributed by atoms with Gasteiger partial charge in [0.05, 0.1) is 19.6 Å². The lowest BCUT2D eigenvalue weighted by Crippen LogP contribution is -2.55. The average molecular weight is 362 g/mol. The van der Waals surface area contributed by atoms with Crippen LogP contribution in [0.25, 0.3) is 0 Å². The summed E-state index contributed by atoms with van der Waals surface area (Å²) in [6.45, 7) is 6.68. The molecule has 1 amide bonds. The minimum Gasteiger partial charge on any atom is -0.350 e. The zero-order valence-corrected chi connectivity index (χ0v) is 14.3. The molecule has 0 fully saturated rings. The number of amides is 1. The normalized spacial score (nSPS) is 10.4. The molecule has 0 atom stereocenters. The molecule has 0 aliphatic heterocycles. The van der Waals surface area contributed by atoms with E-state index in [0.29, 0.717) is 6.54 Å². The summed E-state index contributed by atoms with van der Waals surface area (Å²) in [5.74, 6) is -0.499. The number of aromatic nitrogens is 3. The van der Waals surface area contributed by atoms with E-state index in [1.807, 2.05) is 17.5 Å². The molecule has 0 radical (unpaired) electrons. The third kappa shape index (κ3) is 4.13. The van der Waals surface area contributed by atoms with Crippen LogP contribution in [0.5, 0.6) is 0 Å². The Bertz CT molecular complexity index is 902. The quantitative estimate of drug-likeness (QED) is 0.665. The molecule has 0 aliphatic rings. The lowest BCUT2D eigenvalue weighted by Gasteiger charge is -2.12. The largest absolute Gasteiger partial charge is 0.350 e. The Morgan fingerprint density at radius 1 is 1.04 bits per heavy atom. The van der Waals surface area contributed by atoms with E-state index in [-0.39, 0.29) is 13.1 Å². The van der Waals surface area contributed by atoms with E-state index >= 15 is 0 Å². The lowest BCUT2D eigenvalue weighted by atomic mass is 10.4. The van der Waals surface area contributed by atoms with Crippen molar-refractivity contribution in [2.45, 2.75) is 26.2 Å². The standard InChI is InChI=1S/C16H18N4O4S/c1-3-7-18-14(22)19(8-4-2)16(24)20(15(18)23)11-13(21)17-10-12-6-5-9-25-12/h3-6,9H,1-2,7-8,10-11H2,(H,17,21). The van der Waals surface area contributed by atoms with E-state index in [9.17, 15) is 19.2 Å². The Labute approximate surface area is 147 Å². The van der Waals surface area contributed by atoms with Crippen molar-refractivity contribution in [2.24, 2.45) is 0 Å². The number of carbonyl (C=O) groups is 1. The molecular weight excluding hydrogens is 344 g/mol. The van der Waals surface area contributed by atoms with E-state index in [1.165, 1.54) is 23.5 Å². The summed E-state index contributed by atoms with van der Waals surface area (Å²) < 4.78 is 2.44. The molecule has 9 heteroatoms. The third-order valence-electron chi connectivity index (χ3n) is 3.35. The van der Waals surface area contributed by atoms with E-state index in [0.717, 1.165) is 18.6 Å². The van der Waals surface area contributed by atoms with Gasteiger partial charge in [0, 0.05) is 4.88 Å². The Hall–Kier alpha value is -2.94. The fourth-order valence-corrected chi connectivity index (χ4v) is 2.83. The molecule has 25 heavy (non-hydrogen) atoms. The van der Waals surface area contributed by atoms with Gasteiger partial charge in [0.15, 0.2) is 0 Å². The first-order valence-electron chi connectivity index (χ1n) is 7.45. The van der Waals surface area contributed by atoms with Crippen LogP contribution >= 0.6 is 11.3 Å². The monoisotopic (exact) mass is 362 g/mol. The van der Waals surface area contributed by atoms with Gasteiger partial charge in [-0.1, -0.05) is 18.2 Å². The van der Waals surface area contributed by atoms with Crippen LogP contribution in [0.15, 0.2) is 57.2 Å². The van der Waals surface area contributed by atoms with Crippen LogP contribution in [0.4, 0.5) is 0 Å². The second kappa shape index (κ2) is 8.25. The molecule has 2 aromatic rings. The molecule has 0 saturated carbocycles. The van der Waals surface area contributed by atoms with Crippen molar-refractivity contribution in [1.29, 1.82) is 0 Å². The van der Waals surface area contributed by atoms with Crippen LogP contribution in [0.3, 0.4) is 0 Å². The second-order valence-corrected chi connectivity index (χ2v) is 6.12. The molecule has 0 saturated heterocycles. The van der Waals surface area contributed by atoms with Crippen molar-refractivity contribution in [3.05, 3.63) is 79.2 Å². The number of hydrogen-bond donors (Lipinski definition) is 1. The van der Waals surface area contributed by atoms with Gasteiger partial charge in [-0.25, -0.2) is 28.1 Å². The van der Waals surface area contributed by atoms with Crippen molar-refractivity contribution in [3.63, 3.8) is 0 Å². The zero-order valence-electron chi connectivity index (χ0n) is 13.5. The van der Waals surface area contributed by atoms with Crippen molar-refractivity contribution < 1.29 is 4.79 Å². The predicted molar refractivity (Wildman–Crippen MR) is 95.8 cm³/mol. The minimum atomic E-state index is -0.846. The molecule has 2 aromatic heterocycles. The smallest absolute Gasteiger partial charge is 0.337 e.